The maximum absolute atomic E-state index is 6.06. The summed E-state index contributed by atoms with van der Waals surface area (Å²) in [6.07, 6.45) is -0.0348. The second-order valence-corrected chi connectivity index (χ2v) is 5.52. The summed E-state index contributed by atoms with van der Waals surface area (Å²) >= 11 is 0. The van der Waals surface area contributed by atoms with Crippen molar-refractivity contribution in [1.29, 1.82) is 0 Å². The SMILES string of the molecule is COC(C)NC(COc1cccc(C)c1C)c1ccccc1. The minimum Gasteiger partial charge on any atom is -0.491 e. The van der Waals surface area contributed by atoms with Crippen LogP contribution in [-0.2, 0) is 4.74 Å². The summed E-state index contributed by atoms with van der Waals surface area (Å²) in [5, 5.41) is 3.44. The number of hydrogen-bond acceptors (Lipinski definition) is 3. The monoisotopic (exact) mass is 299 g/mol. The lowest BCUT2D eigenvalue weighted by molar-refractivity contribution is 0.0697. The van der Waals surface area contributed by atoms with Gasteiger partial charge in [0.25, 0.3) is 0 Å². The van der Waals surface area contributed by atoms with Crippen molar-refractivity contribution in [3.63, 3.8) is 0 Å². The molecule has 0 amide bonds. The van der Waals surface area contributed by atoms with E-state index in [2.05, 4.69) is 37.4 Å². The Hall–Kier alpha value is -1.84. The molecule has 0 aliphatic rings. The molecule has 0 saturated carbocycles. The summed E-state index contributed by atoms with van der Waals surface area (Å²) in [4.78, 5) is 0. The molecule has 0 radical (unpaired) electrons. The van der Waals surface area contributed by atoms with Crippen LogP contribution in [0.3, 0.4) is 0 Å². The minimum atomic E-state index is -0.0348. The molecule has 0 bridgehead atoms. The van der Waals surface area contributed by atoms with Crippen molar-refractivity contribution in [3.8, 4) is 5.75 Å². The van der Waals surface area contributed by atoms with E-state index in [0.29, 0.717) is 6.61 Å². The molecule has 1 N–H and O–H groups in total. The Balaban J connectivity index is 2.11. The van der Waals surface area contributed by atoms with Gasteiger partial charge in [-0.05, 0) is 43.5 Å². The molecule has 2 aromatic carbocycles. The second kappa shape index (κ2) is 7.97. The average molecular weight is 299 g/mol. The summed E-state index contributed by atoms with van der Waals surface area (Å²) in [5.74, 6) is 0.938. The van der Waals surface area contributed by atoms with Gasteiger partial charge in [0.2, 0.25) is 0 Å². The molecule has 0 aromatic heterocycles. The molecule has 2 rings (SSSR count). The van der Waals surface area contributed by atoms with Gasteiger partial charge >= 0.3 is 0 Å². The van der Waals surface area contributed by atoms with E-state index in [9.17, 15) is 0 Å². The van der Waals surface area contributed by atoms with E-state index in [4.69, 9.17) is 9.47 Å². The topological polar surface area (TPSA) is 30.5 Å². The van der Waals surface area contributed by atoms with Gasteiger partial charge in [-0.15, -0.1) is 0 Å². The van der Waals surface area contributed by atoms with Crippen molar-refractivity contribution in [2.45, 2.75) is 33.0 Å². The van der Waals surface area contributed by atoms with Crippen LogP contribution in [0.4, 0.5) is 0 Å². The average Bonchev–Trinajstić information content (AvgIpc) is 2.55. The summed E-state index contributed by atoms with van der Waals surface area (Å²) in [7, 11) is 1.70. The fraction of sp³-hybridized carbons (Fsp3) is 0.368. The third-order valence-corrected chi connectivity index (χ3v) is 3.95. The zero-order valence-electron chi connectivity index (χ0n) is 13.8. The maximum atomic E-state index is 6.06. The summed E-state index contributed by atoms with van der Waals surface area (Å²) < 4.78 is 11.4. The van der Waals surface area contributed by atoms with Crippen molar-refractivity contribution in [2.24, 2.45) is 0 Å². The lowest BCUT2D eigenvalue weighted by Gasteiger charge is -2.24. The summed E-state index contributed by atoms with van der Waals surface area (Å²) in [6.45, 7) is 6.74. The molecule has 0 aliphatic heterocycles. The van der Waals surface area contributed by atoms with E-state index in [1.165, 1.54) is 16.7 Å². The fourth-order valence-electron chi connectivity index (χ4n) is 2.33. The zero-order valence-corrected chi connectivity index (χ0v) is 13.8. The van der Waals surface area contributed by atoms with Crippen molar-refractivity contribution >= 4 is 0 Å². The van der Waals surface area contributed by atoms with Crippen LogP contribution >= 0.6 is 0 Å². The molecule has 22 heavy (non-hydrogen) atoms. The van der Waals surface area contributed by atoms with Gasteiger partial charge < -0.3 is 9.47 Å². The van der Waals surface area contributed by atoms with Crippen LogP contribution in [-0.4, -0.2) is 19.9 Å². The molecule has 2 atom stereocenters. The number of benzene rings is 2. The van der Waals surface area contributed by atoms with Gasteiger partial charge in [0.1, 0.15) is 18.6 Å². The van der Waals surface area contributed by atoms with Crippen LogP contribution in [0.25, 0.3) is 0 Å². The normalized spacial score (nSPS) is 13.6. The minimum absolute atomic E-state index is 0.0348. The molecule has 2 aromatic rings. The summed E-state index contributed by atoms with van der Waals surface area (Å²) in [5.41, 5.74) is 3.62. The Kier molecular flexibility index (Phi) is 5.99. The van der Waals surface area contributed by atoms with E-state index >= 15 is 0 Å². The van der Waals surface area contributed by atoms with Crippen LogP contribution in [0.1, 0.15) is 29.7 Å². The molecule has 2 unspecified atom stereocenters. The number of ether oxygens (including phenoxy) is 2. The highest BCUT2D eigenvalue weighted by Crippen LogP contribution is 2.23. The smallest absolute Gasteiger partial charge is 0.122 e. The van der Waals surface area contributed by atoms with E-state index in [-0.39, 0.29) is 12.3 Å². The van der Waals surface area contributed by atoms with Gasteiger partial charge in [-0.25, -0.2) is 0 Å². The highest BCUT2D eigenvalue weighted by molar-refractivity contribution is 5.38. The van der Waals surface area contributed by atoms with Gasteiger partial charge in [-0.1, -0.05) is 42.5 Å². The van der Waals surface area contributed by atoms with E-state index in [0.717, 1.165) is 5.75 Å². The summed E-state index contributed by atoms with van der Waals surface area (Å²) in [6, 6.07) is 16.5. The Morgan fingerprint density at radius 2 is 1.73 bits per heavy atom. The fourth-order valence-corrected chi connectivity index (χ4v) is 2.33. The lowest BCUT2D eigenvalue weighted by Crippen LogP contribution is -2.35. The Morgan fingerprint density at radius 3 is 2.41 bits per heavy atom. The van der Waals surface area contributed by atoms with Crippen molar-refractivity contribution in [3.05, 3.63) is 65.2 Å². The van der Waals surface area contributed by atoms with Crippen LogP contribution in [0.5, 0.6) is 5.75 Å². The first-order valence-electron chi connectivity index (χ1n) is 7.64. The van der Waals surface area contributed by atoms with Crippen molar-refractivity contribution in [1.82, 2.24) is 5.32 Å². The molecule has 3 heteroatoms. The first-order valence-corrected chi connectivity index (χ1v) is 7.64. The largest absolute Gasteiger partial charge is 0.491 e. The molecule has 118 valence electrons. The van der Waals surface area contributed by atoms with E-state index in [1.807, 2.05) is 37.3 Å². The first-order chi connectivity index (χ1) is 10.6. The van der Waals surface area contributed by atoms with E-state index < -0.39 is 0 Å². The molecule has 0 heterocycles. The molecule has 0 fully saturated rings. The van der Waals surface area contributed by atoms with Gasteiger partial charge in [0, 0.05) is 7.11 Å². The van der Waals surface area contributed by atoms with Gasteiger partial charge in [-0.2, -0.15) is 0 Å². The number of nitrogens with one attached hydrogen (secondary N) is 1. The van der Waals surface area contributed by atoms with Gasteiger partial charge in [-0.3, -0.25) is 5.32 Å². The zero-order chi connectivity index (χ0) is 15.9. The molecule has 0 saturated heterocycles. The second-order valence-electron chi connectivity index (χ2n) is 5.52. The highest BCUT2D eigenvalue weighted by atomic mass is 16.5. The molecule has 0 spiro atoms. The number of rotatable bonds is 7. The molecule has 3 nitrogen and oxygen atoms in total. The van der Waals surface area contributed by atoms with Crippen molar-refractivity contribution in [2.75, 3.05) is 13.7 Å². The molecular weight excluding hydrogens is 274 g/mol. The lowest BCUT2D eigenvalue weighted by atomic mass is 10.1. The van der Waals surface area contributed by atoms with Crippen molar-refractivity contribution < 1.29 is 9.47 Å². The third kappa shape index (κ3) is 4.33. The molecular formula is C19H25NO2. The van der Waals surface area contributed by atoms with Gasteiger partial charge in [0.15, 0.2) is 0 Å². The maximum Gasteiger partial charge on any atom is 0.122 e. The van der Waals surface area contributed by atoms with Crippen LogP contribution in [0, 0.1) is 13.8 Å². The van der Waals surface area contributed by atoms with Crippen LogP contribution in [0.15, 0.2) is 48.5 Å². The van der Waals surface area contributed by atoms with E-state index in [1.54, 1.807) is 7.11 Å². The number of methoxy groups -OCH3 is 1. The number of aryl methyl sites for hydroxylation is 1. The Labute approximate surface area is 133 Å². The molecule has 0 aliphatic carbocycles. The van der Waals surface area contributed by atoms with Crippen LogP contribution in [0.2, 0.25) is 0 Å². The Bertz CT molecular complexity index is 583. The quantitative estimate of drug-likeness (QED) is 0.784. The predicted octanol–water partition coefficient (Wildman–Crippen LogP) is 4.01. The third-order valence-electron chi connectivity index (χ3n) is 3.95. The Morgan fingerprint density at radius 1 is 1.00 bits per heavy atom. The number of hydrogen-bond donors (Lipinski definition) is 1. The predicted molar refractivity (Wildman–Crippen MR) is 90.2 cm³/mol. The van der Waals surface area contributed by atoms with Crippen LogP contribution < -0.4 is 10.1 Å². The van der Waals surface area contributed by atoms with Gasteiger partial charge in [0.05, 0.1) is 6.04 Å². The highest BCUT2D eigenvalue weighted by Gasteiger charge is 2.15. The first kappa shape index (κ1) is 16.5. The standard InChI is InChI=1S/C19H25NO2/c1-14-9-8-12-19(15(14)2)22-13-18(20-16(3)21-4)17-10-6-5-7-11-17/h5-12,16,18,20H,13H2,1-4H3.